The van der Waals surface area contributed by atoms with Crippen LogP contribution in [0.4, 0.5) is 0 Å². The first-order chi connectivity index (χ1) is 25.6. The highest BCUT2D eigenvalue weighted by Crippen LogP contribution is 2.31. The van der Waals surface area contributed by atoms with Crippen LogP contribution < -0.4 is 5.32 Å². The predicted molar refractivity (Wildman–Crippen MR) is 242 cm³/mol. The molecule has 0 rings (SSSR count). The molecule has 0 aromatic rings. The zero-order chi connectivity index (χ0) is 38.0. The second-order valence-corrected chi connectivity index (χ2v) is 18.6. The van der Waals surface area contributed by atoms with Gasteiger partial charge in [0.25, 0.3) is 0 Å². The number of hydrogen-bond acceptors (Lipinski definition) is 4. The molecular formula is C48H101N3S. The summed E-state index contributed by atoms with van der Waals surface area (Å²) in [4.78, 5) is 2.34. The van der Waals surface area contributed by atoms with Crippen molar-refractivity contribution in [3.8, 4) is 0 Å². The molecule has 0 saturated carbocycles. The maximum absolute atomic E-state index is 3.53. The molecule has 0 heterocycles. The highest BCUT2D eigenvalue weighted by atomic mass is 32.2. The van der Waals surface area contributed by atoms with Crippen LogP contribution in [0.3, 0.4) is 0 Å². The summed E-state index contributed by atoms with van der Waals surface area (Å²) in [5.41, 5.74) is 0. The van der Waals surface area contributed by atoms with Crippen LogP contribution in [-0.4, -0.2) is 61.3 Å². The largest absolute Gasteiger partial charge is 0.317 e. The van der Waals surface area contributed by atoms with E-state index in [1.807, 2.05) is 0 Å². The minimum atomic E-state index is 0.828. The van der Waals surface area contributed by atoms with Crippen LogP contribution in [-0.2, 0) is 0 Å². The van der Waals surface area contributed by atoms with Gasteiger partial charge in [0.15, 0.2) is 0 Å². The topological polar surface area (TPSA) is 18.5 Å². The van der Waals surface area contributed by atoms with Crippen molar-refractivity contribution in [2.45, 2.75) is 258 Å². The standard InChI is InChI=1S/C48H101N3S/c1-7-11-14-17-19-20-21-23-26-33-40-47(39-32-16-13-9-3)46-51(45-38-31-25-22-24-30-37-44-50(5)6)52-48(41-34-27-18-15-12-8-2)42-35-28-29-36-43-49-10-4/h47-49H,7-46H2,1-6H3. The third-order valence-corrected chi connectivity index (χ3v) is 12.9. The predicted octanol–water partition coefficient (Wildman–Crippen LogP) is 15.8. The Balaban J connectivity index is 5.27. The first-order valence-corrected chi connectivity index (χ1v) is 25.2. The van der Waals surface area contributed by atoms with Crippen molar-refractivity contribution in [2.24, 2.45) is 5.92 Å². The lowest BCUT2D eigenvalue weighted by Crippen LogP contribution is -2.28. The van der Waals surface area contributed by atoms with Crippen molar-refractivity contribution < 1.29 is 0 Å². The molecule has 0 spiro atoms. The number of nitrogens with zero attached hydrogens (tertiary/aromatic N) is 2. The van der Waals surface area contributed by atoms with Gasteiger partial charge in [-0.1, -0.05) is 219 Å². The average molecular weight is 752 g/mol. The molecule has 0 amide bonds. The molecular weight excluding hydrogens is 651 g/mol. The van der Waals surface area contributed by atoms with Gasteiger partial charge in [-0.25, -0.2) is 0 Å². The van der Waals surface area contributed by atoms with Crippen LogP contribution in [0.25, 0.3) is 0 Å². The monoisotopic (exact) mass is 752 g/mol. The minimum Gasteiger partial charge on any atom is -0.317 e. The fraction of sp³-hybridized carbons (Fsp3) is 1.00. The van der Waals surface area contributed by atoms with Gasteiger partial charge in [-0.3, -0.25) is 4.31 Å². The Morgan fingerprint density at radius 3 is 1.21 bits per heavy atom. The van der Waals surface area contributed by atoms with Crippen molar-refractivity contribution in [3.63, 3.8) is 0 Å². The number of unbranched alkanes of at least 4 members (excludes halogenated alkanes) is 26. The zero-order valence-corrected chi connectivity index (χ0v) is 38.1. The SMILES string of the molecule is CCCCCCCCCCCCC(CCCCCC)CN(CCCCCCCCCN(C)C)SC(CCCCCCCC)CCCCCCNCC. The van der Waals surface area contributed by atoms with E-state index in [0.29, 0.717) is 0 Å². The smallest absolute Gasteiger partial charge is 0.0195 e. The minimum absolute atomic E-state index is 0.828. The van der Waals surface area contributed by atoms with Crippen LogP contribution in [0.2, 0.25) is 0 Å². The normalized spacial score (nSPS) is 13.2. The molecule has 2 atom stereocenters. The molecule has 314 valence electrons. The molecule has 0 aliphatic rings. The Hall–Kier alpha value is 0.230. The van der Waals surface area contributed by atoms with Crippen molar-refractivity contribution in [1.82, 2.24) is 14.5 Å². The van der Waals surface area contributed by atoms with E-state index < -0.39 is 0 Å². The molecule has 1 N–H and O–H groups in total. The van der Waals surface area contributed by atoms with Crippen LogP contribution in [0, 0.1) is 5.92 Å². The lowest BCUT2D eigenvalue weighted by Gasteiger charge is -2.30. The first kappa shape index (κ1) is 52.2. The van der Waals surface area contributed by atoms with E-state index in [0.717, 1.165) is 17.7 Å². The first-order valence-electron chi connectivity index (χ1n) is 24.3. The molecule has 2 unspecified atom stereocenters. The average Bonchev–Trinajstić information content (AvgIpc) is 3.13. The molecule has 4 heteroatoms. The van der Waals surface area contributed by atoms with E-state index in [2.05, 4.69) is 68.3 Å². The maximum atomic E-state index is 3.53. The summed E-state index contributed by atoms with van der Waals surface area (Å²) in [5.74, 6) is 0.899. The van der Waals surface area contributed by atoms with Crippen molar-refractivity contribution in [1.29, 1.82) is 0 Å². The summed E-state index contributed by atoms with van der Waals surface area (Å²) >= 11 is 2.35. The molecule has 0 bridgehead atoms. The summed E-state index contributed by atoms with van der Waals surface area (Å²) in [6, 6.07) is 0. The summed E-state index contributed by atoms with van der Waals surface area (Å²) in [6.07, 6.45) is 50.1. The van der Waals surface area contributed by atoms with Crippen LogP contribution in [0.5, 0.6) is 0 Å². The fourth-order valence-electron chi connectivity index (χ4n) is 7.95. The number of hydrogen-bond donors (Lipinski definition) is 1. The van der Waals surface area contributed by atoms with Gasteiger partial charge in [0.05, 0.1) is 0 Å². The molecule has 3 nitrogen and oxygen atoms in total. The second kappa shape index (κ2) is 44.0. The Morgan fingerprint density at radius 2 is 0.769 bits per heavy atom. The summed E-state index contributed by atoms with van der Waals surface area (Å²) in [6.45, 7) is 15.5. The molecule has 0 radical (unpaired) electrons. The van der Waals surface area contributed by atoms with Gasteiger partial charge >= 0.3 is 0 Å². The van der Waals surface area contributed by atoms with Crippen LogP contribution in [0.1, 0.15) is 252 Å². The zero-order valence-electron chi connectivity index (χ0n) is 37.2. The van der Waals surface area contributed by atoms with Gasteiger partial charge in [-0.2, -0.15) is 0 Å². The Kier molecular flexibility index (Phi) is 44.1. The highest BCUT2D eigenvalue weighted by molar-refractivity contribution is 7.97. The molecule has 0 aliphatic carbocycles. The van der Waals surface area contributed by atoms with Crippen molar-refractivity contribution in [3.05, 3.63) is 0 Å². The third-order valence-electron chi connectivity index (χ3n) is 11.5. The van der Waals surface area contributed by atoms with Crippen molar-refractivity contribution in [2.75, 3.05) is 46.8 Å². The van der Waals surface area contributed by atoms with Crippen LogP contribution >= 0.6 is 11.9 Å². The Labute approximate surface area is 335 Å². The van der Waals surface area contributed by atoms with E-state index in [9.17, 15) is 0 Å². The Morgan fingerprint density at radius 1 is 0.404 bits per heavy atom. The summed E-state index contributed by atoms with van der Waals surface area (Å²) in [5, 5.41) is 4.36. The number of nitrogens with one attached hydrogen (secondary N) is 1. The van der Waals surface area contributed by atoms with E-state index in [1.165, 1.54) is 251 Å². The van der Waals surface area contributed by atoms with Crippen molar-refractivity contribution >= 4 is 11.9 Å². The van der Waals surface area contributed by atoms with Gasteiger partial charge in [-0.15, -0.1) is 0 Å². The Bertz CT molecular complexity index is 643. The molecule has 0 aliphatic heterocycles. The third kappa shape index (κ3) is 39.9. The fourth-order valence-corrected chi connectivity index (χ4v) is 9.44. The quantitative estimate of drug-likeness (QED) is 0.0493. The van der Waals surface area contributed by atoms with E-state index >= 15 is 0 Å². The molecule has 52 heavy (non-hydrogen) atoms. The molecule has 0 aromatic carbocycles. The lowest BCUT2D eigenvalue weighted by molar-refractivity contribution is 0.313. The second-order valence-electron chi connectivity index (χ2n) is 17.2. The summed E-state index contributed by atoms with van der Waals surface area (Å²) < 4.78 is 2.96. The molecule has 0 saturated heterocycles. The van der Waals surface area contributed by atoms with Gasteiger partial charge in [0.1, 0.15) is 0 Å². The van der Waals surface area contributed by atoms with E-state index in [1.54, 1.807) is 0 Å². The van der Waals surface area contributed by atoms with Gasteiger partial charge in [0.2, 0.25) is 0 Å². The van der Waals surface area contributed by atoms with Gasteiger partial charge in [0, 0.05) is 18.3 Å². The van der Waals surface area contributed by atoms with Gasteiger partial charge in [-0.05, 0) is 84.6 Å². The molecule has 0 fully saturated rings. The summed E-state index contributed by atoms with van der Waals surface area (Å²) in [7, 11) is 4.42. The van der Waals surface area contributed by atoms with Gasteiger partial charge < -0.3 is 10.2 Å². The molecule has 0 aromatic heterocycles. The van der Waals surface area contributed by atoms with E-state index in [4.69, 9.17) is 0 Å². The highest BCUT2D eigenvalue weighted by Gasteiger charge is 2.19. The number of rotatable bonds is 45. The van der Waals surface area contributed by atoms with E-state index in [-0.39, 0.29) is 0 Å². The maximum Gasteiger partial charge on any atom is 0.0195 e. The lowest BCUT2D eigenvalue weighted by atomic mass is 9.94. The van der Waals surface area contributed by atoms with Crippen LogP contribution in [0.15, 0.2) is 0 Å².